The maximum absolute atomic E-state index is 5.65. The molecule has 0 fully saturated rings. The standard InChI is InChI=1S/C14H11Br3N2OS/c1-20-13-6-12(10(16)5-11(13)17)19-7-2-3-8(14(18)21)9(15)4-7/h2-6,19H,1H3,(H2,18,21). The molecule has 2 rings (SSSR count). The summed E-state index contributed by atoms with van der Waals surface area (Å²) >= 11 is 15.4. The van der Waals surface area contributed by atoms with Crippen molar-refractivity contribution in [1.29, 1.82) is 0 Å². The predicted octanol–water partition coefficient (Wildman–Crippen LogP) is 5.36. The van der Waals surface area contributed by atoms with Crippen LogP contribution in [-0.2, 0) is 0 Å². The summed E-state index contributed by atoms with van der Waals surface area (Å²) in [5.74, 6) is 0.750. The van der Waals surface area contributed by atoms with Crippen LogP contribution in [0.5, 0.6) is 5.75 Å². The predicted molar refractivity (Wildman–Crippen MR) is 102 cm³/mol. The van der Waals surface area contributed by atoms with Crippen molar-refractivity contribution in [1.82, 2.24) is 0 Å². The first kappa shape index (κ1) is 16.7. The van der Waals surface area contributed by atoms with Gasteiger partial charge in [-0.2, -0.15) is 0 Å². The van der Waals surface area contributed by atoms with Gasteiger partial charge in [0.25, 0.3) is 0 Å². The molecule has 0 heterocycles. The minimum atomic E-state index is 0.361. The molecule has 0 saturated carbocycles. The molecular formula is C14H11Br3N2OS. The lowest BCUT2D eigenvalue weighted by atomic mass is 10.2. The number of hydrogen-bond donors (Lipinski definition) is 2. The Balaban J connectivity index is 2.34. The van der Waals surface area contributed by atoms with Gasteiger partial charge in [0.1, 0.15) is 10.7 Å². The number of benzene rings is 2. The van der Waals surface area contributed by atoms with Crippen LogP contribution in [0.1, 0.15) is 5.56 Å². The molecule has 2 aromatic rings. The third-order valence-corrected chi connectivity index (χ3v) is 4.91. The molecule has 3 N–H and O–H groups in total. The summed E-state index contributed by atoms with van der Waals surface area (Å²) in [4.78, 5) is 0.361. The van der Waals surface area contributed by atoms with E-state index in [1.54, 1.807) is 7.11 Å². The zero-order valence-electron chi connectivity index (χ0n) is 10.9. The lowest BCUT2D eigenvalue weighted by Crippen LogP contribution is -2.10. The maximum Gasteiger partial charge on any atom is 0.135 e. The van der Waals surface area contributed by atoms with Gasteiger partial charge in [-0.15, -0.1) is 0 Å². The molecule has 0 unspecified atom stereocenters. The van der Waals surface area contributed by atoms with E-state index in [1.165, 1.54) is 0 Å². The van der Waals surface area contributed by atoms with Gasteiger partial charge in [0.15, 0.2) is 0 Å². The highest BCUT2D eigenvalue weighted by molar-refractivity contribution is 9.11. The van der Waals surface area contributed by atoms with Crippen molar-refractivity contribution in [3.05, 3.63) is 49.3 Å². The van der Waals surface area contributed by atoms with Crippen LogP contribution in [0.25, 0.3) is 0 Å². The first-order valence-corrected chi connectivity index (χ1v) is 8.60. The van der Waals surface area contributed by atoms with Crippen molar-refractivity contribution in [2.75, 3.05) is 12.4 Å². The summed E-state index contributed by atoms with van der Waals surface area (Å²) in [6.07, 6.45) is 0. The number of nitrogens with one attached hydrogen (secondary N) is 1. The molecule has 0 aliphatic rings. The highest BCUT2D eigenvalue weighted by atomic mass is 79.9. The molecule has 3 nitrogen and oxygen atoms in total. The highest BCUT2D eigenvalue weighted by Crippen LogP contribution is 2.36. The van der Waals surface area contributed by atoms with Gasteiger partial charge in [-0.25, -0.2) is 0 Å². The van der Waals surface area contributed by atoms with Gasteiger partial charge < -0.3 is 15.8 Å². The molecule has 2 aromatic carbocycles. The fraction of sp³-hybridized carbons (Fsp3) is 0.0714. The topological polar surface area (TPSA) is 47.3 Å². The summed E-state index contributed by atoms with van der Waals surface area (Å²) in [5, 5.41) is 3.32. The first-order valence-electron chi connectivity index (χ1n) is 5.81. The molecular weight excluding hydrogens is 484 g/mol. The smallest absolute Gasteiger partial charge is 0.135 e. The number of rotatable bonds is 4. The van der Waals surface area contributed by atoms with E-state index in [2.05, 4.69) is 53.1 Å². The van der Waals surface area contributed by atoms with E-state index >= 15 is 0 Å². The van der Waals surface area contributed by atoms with Crippen molar-refractivity contribution in [3.8, 4) is 5.75 Å². The molecule has 0 amide bonds. The van der Waals surface area contributed by atoms with Crippen LogP contribution in [0.3, 0.4) is 0 Å². The van der Waals surface area contributed by atoms with Crippen molar-refractivity contribution >= 4 is 76.4 Å². The molecule has 0 radical (unpaired) electrons. The normalized spacial score (nSPS) is 10.3. The van der Waals surface area contributed by atoms with Crippen molar-refractivity contribution in [3.63, 3.8) is 0 Å². The van der Waals surface area contributed by atoms with Crippen molar-refractivity contribution in [2.45, 2.75) is 0 Å². The zero-order valence-corrected chi connectivity index (χ0v) is 16.5. The molecule has 0 aromatic heterocycles. The van der Waals surface area contributed by atoms with Crippen molar-refractivity contribution in [2.24, 2.45) is 5.73 Å². The first-order chi connectivity index (χ1) is 9.92. The SMILES string of the molecule is COc1cc(Nc2ccc(C(N)=S)c(Br)c2)c(Br)cc1Br. The molecule has 110 valence electrons. The van der Waals surface area contributed by atoms with Gasteiger partial charge in [-0.3, -0.25) is 0 Å². The summed E-state index contributed by atoms with van der Waals surface area (Å²) in [6, 6.07) is 9.55. The van der Waals surface area contributed by atoms with Crippen LogP contribution in [0, 0.1) is 0 Å². The number of anilines is 2. The maximum atomic E-state index is 5.65. The number of ether oxygens (including phenoxy) is 1. The van der Waals surface area contributed by atoms with Gasteiger partial charge >= 0.3 is 0 Å². The Morgan fingerprint density at radius 3 is 2.38 bits per heavy atom. The summed E-state index contributed by atoms with van der Waals surface area (Å²) in [5.41, 5.74) is 8.26. The summed E-state index contributed by atoms with van der Waals surface area (Å²) in [7, 11) is 1.63. The van der Waals surface area contributed by atoms with Gasteiger partial charge in [0.2, 0.25) is 0 Å². The second-order valence-electron chi connectivity index (χ2n) is 4.15. The second-order valence-corrected chi connectivity index (χ2v) is 7.15. The van der Waals surface area contributed by atoms with Gasteiger partial charge in [0, 0.05) is 26.3 Å². The fourth-order valence-electron chi connectivity index (χ4n) is 1.73. The van der Waals surface area contributed by atoms with Crippen LogP contribution in [0.4, 0.5) is 11.4 Å². The third kappa shape index (κ3) is 3.97. The third-order valence-electron chi connectivity index (χ3n) is 2.76. The fourth-order valence-corrected chi connectivity index (χ4v) is 3.89. The average Bonchev–Trinajstić information content (AvgIpc) is 2.41. The molecule has 0 aliphatic heterocycles. The van der Waals surface area contributed by atoms with Crippen LogP contribution in [0.2, 0.25) is 0 Å². The molecule has 0 bridgehead atoms. The monoisotopic (exact) mass is 492 g/mol. The van der Waals surface area contributed by atoms with E-state index in [-0.39, 0.29) is 0 Å². The molecule has 21 heavy (non-hydrogen) atoms. The lowest BCUT2D eigenvalue weighted by Gasteiger charge is -2.13. The number of halogens is 3. The van der Waals surface area contributed by atoms with Gasteiger partial charge in [-0.05, 0) is 72.1 Å². The molecule has 0 saturated heterocycles. The Morgan fingerprint density at radius 2 is 1.81 bits per heavy atom. The molecule has 0 aliphatic carbocycles. The van der Waals surface area contributed by atoms with E-state index in [0.717, 1.165) is 36.1 Å². The van der Waals surface area contributed by atoms with E-state index in [0.29, 0.717) is 4.99 Å². The number of thiocarbonyl (C=S) groups is 1. The lowest BCUT2D eigenvalue weighted by molar-refractivity contribution is 0.412. The number of hydrogen-bond acceptors (Lipinski definition) is 3. The Bertz CT molecular complexity index is 707. The van der Waals surface area contributed by atoms with Gasteiger partial charge in [-0.1, -0.05) is 12.2 Å². The molecule has 0 atom stereocenters. The zero-order chi connectivity index (χ0) is 15.6. The largest absolute Gasteiger partial charge is 0.495 e. The van der Waals surface area contributed by atoms with E-state index in [4.69, 9.17) is 22.7 Å². The Labute approximate surface area is 153 Å². The average molecular weight is 495 g/mol. The van der Waals surface area contributed by atoms with Gasteiger partial charge in [0.05, 0.1) is 17.3 Å². The van der Waals surface area contributed by atoms with Crippen LogP contribution in [-0.4, -0.2) is 12.1 Å². The summed E-state index contributed by atoms with van der Waals surface area (Å²) < 4.78 is 7.95. The molecule has 7 heteroatoms. The minimum Gasteiger partial charge on any atom is -0.495 e. The van der Waals surface area contributed by atoms with E-state index < -0.39 is 0 Å². The summed E-state index contributed by atoms with van der Waals surface area (Å²) in [6.45, 7) is 0. The Morgan fingerprint density at radius 1 is 1.10 bits per heavy atom. The Kier molecular flexibility index (Phi) is 5.65. The number of nitrogens with two attached hydrogens (primary N) is 1. The quantitative estimate of drug-likeness (QED) is 0.562. The minimum absolute atomic E-state index is 0.361. The highest BCUT2D eigenvalue weighted by Gasteiger charge is 2.09. The second kappa shape index (κ2) is 7.09. The van der Waals surface area contributed by atoms with E-state index in [1.807, 2.05) is 30.3 Å². The van der Waals surface area contributed by atoms with Crippen LogP contribution >= 0.6 is 60.0 Å². The molecule has 0 spiro atoms. The number of methoxy groups -OCH3 is 1. The Hall–Kier alpha value is -0.630. The van der Waals surface area contributed by atoms with E-state index in [9.17, 15) is 0 Å². The van der Waals surface area contributed by atoms with Crippen LogP contribution < -0.4 is 15.8 Å². The van der Waals surface area contributed by atoms with Crippen LogP contribution in [0.15, 0.2) is 43.7 Å². The van der Waals surface area contributed by atoms with Crippen molar-refractivity contribution < 1.29 is 4.74 Å².